The van der Waals surface area contributed by atoms with Crippen molar-refractivity contribution in [1.29, 1.82) is 0 Å². The molecule has 35 heavy (non-hydrogen) atoms. The number of carbonyl (C=O) groups is 4. The Hall–Kier alpha value is -3.77. The molecule has 3 amide bonds. The average molecular weight is 500 g/mol. The summed E-state index contributed by atoms with van der Waals surface area (Å²) in [4.78, 5) is 49.9. The van der Waals surface area contributed by atoms with Crippen LogP contribution in [0.25, 0.3) is 0 Å². The molecular formula is C22H21F5N4O4. The Labute approximate surface area is 195 Å². The van der Waals surface area contributed by atoms with Crippen LogP contribution in [0.5, 0.6) is 0 Å². The summed E-state index contributed by atoms with van der Waals surface area (Å²) < 4.78 is 69.5. The highest BCUT2D eigenvalue weighted by Gasteiger charge is 2.58. The quantitative estimate of drug-likeness (QED) is 0.319. The van der Waals surface area contributed by atoms with Gasteiger partial charge in [0.25, 0.3) is 23.5 Å². The Kier molecular flexibility index (Phi) is 6.49. The van der Waals surface area contributed by atoms with E-state index in [0.717, 1.165) is 19.2 Å². The van der Waals surface area contributed by atoms with Crippen molar-refractivity contribution in [1.82, 2.24) is 15.2 Å². The zero-order chi connectivity index (χ0) is 26.5. The number of carbonyl (C=O) groups excluding carboxylic acids is 4. The lowest BCUT2D eigenvalue weighted by Crippen LogP contribution is -2.65. The summed E-state index contributed by atoms with van der Waals surface area (Å²) in [7, 11) is 0.927. The molecule has 3 rings (SSSR count). The van der Waals surface area contributed by atoms with Crippen LogP contribution in [0.4, 0.5) is 22.0 Å². The summed E-state index contributed by atoms with van der Waals surface area (Å²) in [6.07, 6.45) is -5.05. The second kappa shape index (κ2) is 8.78. The first-order chi connectivity index (χ1) is 16.2. The van der Waals surface area contributed by atoms with E-state index < -0.39 is 58.3 Å². The number of aromatic nitrogens is 1. The zero-order valence-electron chi connectivity index (χ0n) is 18.8. The van der Waals surface area contributed by atoms with E-state index in [1.165, 1.54) is 22.9 Å². The molecule has 1 aliphatic rings. The van der Waals surface area contributed by atoms with Gasteiger partial charge in [-0.25, -0.2) is 8.78 Å². The number of likely N-dealkylation sites (N-methyl/N-ethyl adjacent to an activating group) is 1. The number of ketones is 1. The van der Waals surface area contributed by atoms with Crippen molar-refractivity contribution in [3.63, 3.8) is 0 Å². The Morgan fingerprint density at radius 1 is 1.11 bits per heavy atom. The summed E-state index contributed by atoms with van der Waals surface area (Å²) in [5.74, 6) is -8.85. The predicted octanol–water partition coefficient (Wildman–Crippen LogP) is 2.08. The van der Waals surface area contributed by atoms with E-state index in [0.29, 0.717) is 6.92 Å². The molecule has 0 fully saturated rings. The Morgan fingerprint density at radius 3 is 2.26 bits per heavy atom. The molecule has 0 saturated heterocycles. The molecule has 1 aromatic heterocycles. The van der Waals surface area contributed by atoms with E-state index >= 15 is 0 Å². The third-order valence-electron chi connectivity index (χ3n) is 6.14. The summed E-state index contributed by atoms with van der Waals surface area (Å²) in [6.45, 7) is 1.80. The third kappa shape index (κ3) is 4.15. The molecule has 2 aromatic rings. The standard InChI is InChI=1S/C22H21F5N4O4/c1-9-14(17(32)19(34)30-21(2,20(35)29-3)22(25,26)27)16-11(6-7-31(16)15(9)18(28)33)10-4-5-12(23)13(24)8-10/h4-5,8,11H,6-7H2,1-3H3,(H2,28,33)(H,29,35)(H,30,34). The van der Waals surface area contributed by atoms with Crippen LogP contribution < -0.4 is 16.4 Å². The summed E-state index contributed by atoms with van der Waals surface area (Å²) in [5, 5.41) is 3.24. The largest absolute Gasteiger partial charge is 0.420 e. The van der Waals surface area contributed by atoms with Crippen molar-refractivity contribution < 1.29 is 41.1 Å². The van der Waals surface area contributed by atoms with Crippen LogP contribution in [-0.4, -0.2) is 46.8 Å². The normalized spacial score (nSPS) is 16.9. The molecule has 8 nitrogen and oxygen atoms in total. The number of hydrogen-bond donors (Lipinski definition) is 3. The van der Waals surface area contributed by atoms with Crippen molar-refractivity contribution in [3.8, 4) is 0 Å². The van der Waals surface area contributed by atoms with E-state index in [-0.39, 0.29) is 35.5 Å². The Morgan fingerprint density at radius 2 is 1.74 bits per heavy atom. The minimum Gasteiger partial charge on any atom is -0.364 e. The number of halogens is 5. The number of hydrogen-bond acceptors (Lipinski definition) is 4. The molecule has 2 unspecified atom stereocenters. The molecule has 2 heterocycles. The van der Waals surface area contributed by atoms with Crippen LogP contribution in [0.1, 0.15) is 56.9 Å². The van der Waals surface area contributed by atoms with Crippen LogP contribution in [0, 0.1) is 18.6 Å². The maximum Gasteiger partial charge on any atom is 0.420 e. The molecule has 1 aromatic carbocycles. The van der Waals surface area contributed by atoms with Crippen molar-refractivity contribution in [2.24, 2.45) is 5.73 Å². The maximum atomic E-state index is 13.9. The summed E-state index contributed by atoms with van der Waals surface area (Å²) >= 11 is 0. The fourth-order valence-electron chi connectivity index (χ4n) is 4.32. The monoisotopic (exact) mass is 500 g/mol. The van der Waals surface area contributed by atoms with Gasteiger partial charge in [-0.3, -0.25) is 19.2 Å². The van der Waals surface area contributed by atoms with E-state index in [1.807, 2.05) is 0 Å². The molecule has 1 aliphatic heterocycles. The first-order valence-electron chi connectivity index (χ1n) is 10.3. The number of fused-ring (bicyclic) bond motifs is 1. The third-order valence-corrected chi connectivity index (χ3v) is 6.14. The van der Waals surface area contributed by atoms with Gasteiger partial charge in [0, 0.05) is 25.2 Å². The van der Waals surface area contributed by atoms with Gasteiger partial charge in [-0.05, 0) is 43.5 Å². The number of Topliss-reactive ketones (excluding diaryl/α,β-unsaturated/α-hetero) is 1. The zero-order valence-corrected chi connectivity index (χ0v) is 18.8. The lowest BCUT2D eigenvalue weighted by molar-refractivity contribution is -0.196. The van der Waals surface area contributed by atoms with Crippen LogP contribution >= 0.6 is 0 Å². The summed E-state index contributed by atoms with van der Waals surface area (Å²) in [5.41, 5.74) is 1.67. The second-order valence-electron chi connectivity index (χ2n) is 8.25. The first kappa shape index (κ1) is 25.8. The topological polar surface area (TPSA) is 123 Å². The predicted molar refractivity (Wildman–Crippen MR) is 112 cm³/mol. The molecular weight excluding hydrogens is 479 g/mol. The minimum absolute atomic E-state index is 0.0520. The van der Waals surface area contributed by atoms with Gasteiger partial charge in [0.05, 0.1) is 5.56 Å². The van der Waals surface area contributed by atoms with E-state index in [2.05, 4.69) is 0 Å². The number of rotatable bonds is 6. The average Bonchev–Trinajstić information content (AvgIpc) is 3.30. The molecule has 188 valence electrons. The smallest absolute Gasteiger partial charge is 0.364 e. The molecule has 2 atom stereocenters. The second-order valence-corrected chi connectivity index (χ2v) is 8.25. The van der Waals surface area contributed by atoms with Crippen LogP contribution in [0.3, 0.4) is 0 Å². The molecule has 0 saturated carbocycles. The highest BCUT2D eigenvalue weighted by atomic mass is 19.4. The van der Waals surface area contributed by atoms with E-state index in [1.54, 1.807) is 5.32 Å². The fourth-order valence-corrected chi connectivity index (χ4v) is 4.32. The lowest BCUT2D eigenvalue weighted by Gasteiger charge is -2.30. The molecule has 4 N–H and O–H groups in total. The molecule has 0 radical (unpaired) electrons. The number of amides is 3. The number of nitrogens with one attached hydrogen (secondary N) is 2. The lowest BCUT2D eigenvalue weighted by atomic mass is 9.89. The number of benzene rings is 1. The molecule has 0 spiro atoms. The Bertz CT molecular complexity index is 1250. The first-order valence-corrected chi connectivity index (χ1v) is 10.3. The van der Waals surface area contributed by atoms with Gasteiger partial charge >= 0.3 is 6.18 Å². The van der Waals surface area contributed by atoms with Crippen molar-refractivity contribution in [3.05, 3.63) is 57.9 Å². The number of nitrogens with zero attached hydrogens (tertiary/aromatic N) is 1. The van der Waals surface area contributed by atoms with Crippen molar-refractivity contribution >= 4 is 23.5 Å². The van der Waals surface area contributed by atoms with Crippen LogP contribution in [-0.2, 0) is 16.1 Å². The van der Waals surface area contributed by atoms with Crippen LogP contribution in [0.15, 0.2) is 18.2 Å². The maximum absolute atomic E-state index is 13.9. The van der Waals surface area contributed by atoms with Gasteiger partial charge < -0.3 is 20.9 Å². The number of alkyl halides is 3. The SMILES string of the molecule is CNC(=O)C(C)(NC(=O)C(=O)c1c(C)c(C(N)=O)n2c1C(c1ccc(F)c(F)c1)CC2)C(F)(F)F. The van der Waals surface area contributed by atoms with E-state index in [4.69, 9.17) is 5.73 Å². The highest BCUT2D eigenvalue weighted by Crippen LogP contribution is 2.41. The van der Waals surface area contributed by atoms with Gasteiger partial charge in [0.2, 0.25) is 5.54 Å². The van der Waals surface area contributed by atoms with Gasteiger partial charge in [-0.15, -0.1) is 0 Å². The number of primary amides is 1. The fraction of sp³-hybridized carbons (Fsp3) is 0.364. The highest BCUT2D eigenvalue weighted by molar-refractivity contribution is 6.44. The van der Waals surface area contributed by atoms with Gasteiger partial charge in [-0.2, -0.15) is 13.2 Å². The molecule has 13 heteroatoms. The van der Waals surface area contributed by atoms with Gasteiger partial charge in [0.1, 0.15) is 5.69 Å². The molecule has 0 bridgehead atoms. The van der Waals surface area contributed by atoms with E-state index in [9.17, 15) is 41.1 Å². The van der Waals surface area contributed by atoms with Crippen LogP contribution in [0.2, 0.25) is 0 Å². The van der Waals surface area contributed by atoms with Gasteiger partial charge in [0.15, 0.2) is 11.6 Å². The number of nitrogens with two attached hydrogens (primary N) is 1. The van der Waals surface area contributed by atoms with Gasteiger partial charge in [-0.1, -0.05) is 6.07 Å². The van der Waals surface area contributed by atoms with Crippen molar-refractivity contribution in [2.45, 2.75) is 44.4 Å². The molecule has 0 aliphatic carbocycles. The summed E-state index contributed by atoms with van der Waals surface area (Å²) in [6, 6.07) is 3.01. The van der Waals surface area contributed by atoms with Crippen molar-refractivity contribution in [2.75, 3.05) is 7.05 Å². The Balaban J connectivity index is 2.13. The minimum atomic E-state index is -5.26.